The summed E-state index contributed by atoms with van der Waals surface area (Å²) in [4.78, 5) is 16.5. The first-order valence-electron chi connectivity index (χ1n) is 9.21. The molecule has 1 aliphatic rings. The summed E-state index contributed by atoms with van der Waals surface area (Å²) in [5.74, 6) is 0.378. The van der Waals surface area contributed by atoms with Crippen LogP contribution in [0.1, 0.15) is 12.5 Å². The van der Waals surface area contributed by atoms with Crippen LogP contribution < -0.4 is 15.0 Å². The number of nitrogens with zero attached hydrogens (tertiary/aromatic N) is 2. The van der Waals surface area contributed by atoms with Crippen LogP contribution in [0.15, 0.2) is 42.5 Å². The highest BCUT2D eigenvalue weighted by atomic mass is 19.1. The molecule has 3 rings (SSSR count). The van der Waals surface area contributed by atoms with E-state index in [1.165, 1.54) is 6.07 Å². The fourth-order valence-corrected chi connectivity index (χ4v) is 3.30. The molecule has 0 saturated heterocycles. The van der Waals surface area contributed by atoms with E-state index < -0.39 is 0 Å². The topological polar surface area (TPSA) is 44.8 Å². The lowest BCUT2D eigenvalue weighted by molar-refractivity contribution is -0.117. The van der Waals surface area contributed by atoms with Crippen molar-refractivity contribution in [2.45, 2.75) is 20.0 Å². The molecule has 27 heavy (non-hydrogen) atoms. The smallest absolute Gasteiger partial charge is 0.238 e. The van der Waals surface area contributed by atoms with E-state index in [4.69, 9.17) is 4.74 Å². The van der Waals surface area contributed by atoms with Crippen molar-refractivity contribution in [3.63, 3.8) is 0 Å². The van der Waals surface area contributed by atoms with Gasteiger partial charge in [-0.25, -0.2) is 4.39 Å². The van der Waals surface area contributed by atoms with Gasteiger partial charge in [0.15, 0.2) is 0 Å². The van der Waals surface area contributed by atoms with Crippen LogP contribution in [0.4, 0.5) is 15.8 Å². The van der Waals surface area contributed by atoms with Gasteiger partial charge in [0, 0.05) is 18.8 Å². The molecule has 1 heterocycles. The largest absolute Gasteiger partial charge is 0.485 e. The van der Waals surface area contributed by atoms with E-state index in [9.17, 15) is 9.18 Å². The first kappa shape index (κ1) is 19.2. The van der Waals surface area contributed by atoms with Crippen molar-refractivity contribution in [2.24, 2.45) is 0 Å². The molecule has 1 N–H and O–H groups in total. The number of para-hydroxylation sites is 2. The maximum atomic E-state index is 13.6. The Morgan fingerprint density at radius 3 is 2.85 bits per heavy atom. The summed E-state index contributed by atoms with van der Waals surface area (Å²) in [6, 6.07) is 12.7. The SMILES string of the molecule is CCN1CC(CN(C)CC(=O)Nc2ccc(C)c(F)c2)Oc2ccccc21. The van der Waals surface area contributed by atoms with Gasteiger partial charge >= 0.3 is 0 Å². The van der Waals surface area contributed by atoms with E-state index in [0.717, 1.165) is 24.5 Å². The van der Waals surface area contributed by atoms with Crippen LogP contribution in [0.2, 0.25) is 0 Å². The highest BCUT2D eigenvalue weighted by Gasteiger charge is 2.25. The Labute approximate surface area is 159 Å². The third-order valence-corrected chi connectivity index (χ3v) is 4.69. The van der Waals surface area contributed by atoms with Crippen molar-refractivity contribution < 1.29 is 13.9 Å². The molecular weight excluding hydrogens is 345 g/mol. The van der Waals surface area contributed by atoms with Gasteiger partial charge in [0.25, 0.3) is 0 Å². The van der Waals surface area contributed by atoms with E-state index in [0.29, 0.717) is 17.8 Å². The zero-order chi connectivity index (χ0) is 19.4. The lowest BCUT2D eigenvalue weighted by Gasteiger charge is -2.37. The Balaban J connectivity index is 1.55. The van der Waals surface area contributed by atoms with E-state index in [1.54, 1.807) is 19.1 Å². The molecule has 0 spiro atoms. The second-order valence-corrected chi connectivity index (χ2v) is 6.96. The average Bonchev–Trinajstić information content (AvgIpc) is 2.63. The van der Waals surface area contributed by atoms with Crippen molar-refractivity contribution in [1.29, 1.82) is 0 Å². The minimum absolute atomic E-state index is 0.0190. The van der Waals surface area contributed by atoms with Gasteiger partial charge in [-0.15, -0.1) is 0 Å². The number of carbonyl (C=O) groups excluding carboxylic acids is 1. The number of anilines is 2. The lowest BCUT2D eigenvalue weighted by atomic mass is 10.2. The maximum absolute atomic E-state index is 13.6. The third kappa shape index (κ3) is 4.77. The normalized spacial score (nSPS) is 16.0. The summed E-state index contributed by atoms with van der Waals surface area (Å²) in [7, 11) is 1.88. The number of hydrogen-bond acceptors (Lipinski definition) is 4. The van der Waals surface area contributed by atoms with Crippen molar-refractivity contribution in [3.8, 4) is 5.75 Å². The first-order chi connectivity index (χ1) is 13.0. The molecule has 0 saturated carbocycles. The van der Waals surface area contributed by atoms with E-state index in [-0.39, 0.29) is 24.4 Å². The summed E-state index contributed by atoms with van der Waals surface area (Å²) in [5.41, 5.74) is 2.13. The molecule has 1 unspecified atom stereocenters. The van der Waals surface area contributed by atoms with Crippen LogP contribution in [-0.2, 0) is 4.79 Å². The van der Waals surface area contributed by atoms with Crippen molar-refractivity contribution in [3.05, 3.63) is 53.8 Å². The number of nitrogens with one attached hydrogen (secondary N) is 1. The summed E-state index contributed by atoms with van der Waals surface area (Å²) in [6.45, 7) is 6.33. The number of carbonyl (C=O) groups is 1. The number of hydrogen-bond donors (Lipinski definition) is 1. The summed E-state index contributed by atoms with van der Waals surface area (Å²) < 4.78 is 19.7. The fourth-order valence-electron chi connectivity index (χ4n) is 3.30. The van der Waals surface area contributed by atoms with Crippen LogP contribution >= 0.6 is 0 Å². The molecule has 0 bridgehead atoms. The molecule has 1 aliphatic heterocycles. The molecule has 6 heteroatoms. The minimum Gasteiger partial charge on any atom is -0.485 e. The number of likely N-dealkylation sites (N-methyl/N-ethyl adjacent to an activating group) is 2. The summed E-state index contributed by atoms with van der Waals surface area (Å²) in [5, 5.41) is 2.74. The van der Waals surface area contributed by atoms with E-state index in [2.05, 4.69) is 23.2 Å². The summed E-state index contributed by atoms with van der Waals surface area (Å²) >= 11 is 0. The predicted octanol–water partition coefficient (Wildman–Crippen LogP) is 3.29. The second-order valence-electron chi connectivity index (χ2n) is 6.96. The number of ether oxygens (including phenoxy) is 1. The van der Waals surface area contributed by atoms with E-state index in [1.807, 2.05) is 30.1 Å². The maximum Gasteiger partial charge on any atom is 0.238 e. The Hall–Kier alpha value is -2.60. The Morgan fingerprint density at radius 2 is 2.11 bits per heavy atom. The lowest BCUT2D eigenvalue weighted by Crippen LogP contribution is -2.46. The molecule has 1 atom stereocenters. The van der Waals surface area contributed by atoms with Gasteiger partial charge in [-0.1, -0.05) is 18.2 Å². The molecule has 2 aromatic carbocycles. The molecule has 1 amide bonds. The van der Waals surface area contributed by atoms with Crippen LogP contribution in [-0.4, -0.2) is 50.1 Å². The van der Waals surface area contributed by atoms with Gasteiger partial charge in [-0.2, -0.15) is 0 Å². The molecule has 144 valence electrons. The summed E-state index contributed by atoms with van der Waals surface area (Å²) in [6.07, 6.45) is -0.0190. The number of benzene rings is 2. The third-order valence-electron chi connectivity index (χ3n) is 4.69. The number of fused-ring (bicyclic) bond motifs is 1. The Kier molecular flexibility index (Phi) is 5.96. The van der Waals surface area contributed by atoms with Gasteiger partial charge < -0.3 is 15.0 Å². The van der Waals surface area contributed by atoms with Crippen molar-refractivity contribution in [2.75, 3.05) is 43.4 Å². The predicted molar refractivity (Wildman–Crippen MR) is 106 cm³/mol. The van der Waals surface area contributed by atoms with Gasteiger partial charge in [-0.05, 0) is 50.7 Å². The second kappa shape index (κ2) is 8.39. The number of aryl methyl sites for hydroxylation is 1. The van der Waals surface area contributed by atoms with Crippen LogP contribution in [0.25, 0.3) is 0 Å². The van der Waals surface area contributed by atoms with Gasteiger partial charge in [-0.3, -0.25) is 9.69 Å². The zero-order valence-corrected chi connectivity index (χ0v) is 16.0. The molecule has 0 fully saturated rings. The van der Waals surface area contributed by atoms with Gasteiger partial charge in [0.05, 0.1) is 18.8 Å². The molecule has 0 radical (unpaired) electrons. The van der Waals surface area contributed by atoms with Gasteiger partial charge in [0.2, 0.25) is 5.91 Å². The minimum atomic E-state index is -0.324. The fraction of sp³-hybridized carbons (Fsp3) is 0.381. The Bertz CT molecular complexity index is 812. The van der Waals surface area contributed by atoms with Crippen LogP contribution in [0.3, 0.4) is 0 Å². The van der Waals surface area contributed by atoms with Gasteiger partial charge in [0.1, 0.15) is 17.7 Å². The number of rotatable bonds is 6. The highest BCUT2D eigenvalue weighted by molar-refractivity contribution is 5.92. The molecule has 0 aromatic heterocycles. The van der Waals surface area contributed by atoms with Crippen molar-refractivity contribution in [1.82, 2.24) is 4.90 Å². The number of halogens is 1. The molecule has 5 nitrogen and oxygen atoms in total. The van der Waals surface area contributed by atoms with Crippen LogP contribution in [0.5, 0.6) is 5.75 Å². The molecular formula is C21H26FN3O2. The van der Waals surface area contributed by atoms with Crippen LogP contribution in [0, 0.1) is 12.7 Å². The first-order valence-corrected chi connectivity index (χ1v) is 9.21. The van der Waals surface area contributed by atoms with E-state index >= 15 is 0 Å². The quantitative estimate of drug-likeness (QED) is 0.846. The zero-order valence-electron chi connectivity index (χ0n) is 16.0. The van der Waals surface area contributed by atoms with Crippen molar-refractivity contribution >= 4 is 17.3 Å². The Morgan fingerprint density at radius 1 is 1.33 bits per heavy atom. The highest BCUT2D eigenvalue weighted by Crippen LogP contribution is 2.32. The molecule has 0 aliphatic carbocycles. The standard InChI is InChI=1S/C21H26FN3O2/c1-4-25-13-17(27-20-8-6-5-7-19(20)25)12-24(3)14-21(26)23-16-10-9-15(2)18(22)11-16/h5-11,17H,4,12-14H2,1-3H3,(H,23,26). The average molecular weight is 371 g/mol. The number of amides is 1. The monoisotopic (exact) mass is 371 g/mol. The molecule has 2 aromatic rings.